The van der Waals surface area contributed by atoms with Crippen LogP contribution in [0.15, 0.2) is 0 Å². The SMILES string of the molecule is CC(=O)C(C)C(=O)OC1CCCCC1. The van der Waals surface area contributed by atoms with Crippen LogP contribution in [0.5, 0.6) is 0 Å². The predicted molar refractivity (Wildman–Crippen MR) is 52.8 cm³/mol. The van der Waals surface area contributed by atoms with Crippen molar-refractivity contribution in [1.82, 2.24) is 0 Å². The maximum Gasteiger partial charge on any atom is 0.316 e. The van der Waals surface area contributed by atoms with Crippen molar-refractivity contribution in [2.24, 2.45) is 5.92 Å². The third kappa shape index (κ3) is 3.13. The van der Waals surface area contributed by atoms with Gasteiger partial charge in [0.05, 0.1) is 0 Å². The highest BCUT2D eigenvalue weighted by molar-refractivity contribution is 5.97. The number of carbonyl (C=O) groups is 2. The van der Waals surface area contributed by atoms with E-state index in [9.17, 15) is 9.59 Å². The molecule has 1 rings (SSSR count). The molecule has 0 heterocycles. The van der Waals surface area contributed by atoms with Crippen LogP contribution in [0.2, 0.25) is 0 Å². The molecule has 1 aliphatic carbocycles. The molecule has 0 aromatic heterocycles. The van der Waals surface area contributed by atoms with Crippen molar-refractivity contribution < 1.29 is 14.3 Å². The van der Waals surface area contributed by atoms with E-state index < -0.39 is 5.92 Å². The zero-order valence-electron chi connectivity index (χ0n) is 8.91. The summed E-state index contributed by atoms with van der Waals surface area (Å²) >= 11 is 0. The first-order chi connectivity index (χ1) is 6.61. The molecule has 3 nitrogen and oxygen atoms in total. The summed E-state index contributed by atoms with van der Waals surface area (Å²) in [7, 11) is 0. The van der Waals surface area contributed by atoms with Crippen molar-refractivity contribution in [3.05, 3.63) is 0 Å². The Kier molecular flexibility index (Phi) is 4.11. The van der Waals surface area contributed by atoms with Gasteiger partial charge in [0.15, 0.2) is 0 Å². The molecule has 1 unspecified atom stereocenters. The van der Waals surface area contributed by atoms with E-state index >= 15 is 0 Å². The van der Waals surface area contributed by atoms with Gasteiger partial charge in [0, 0.05) is 0 Å². The van der Waals surface area contributed by atoms with Gasteiger partial charge in [-0.15, -0.1) is 0 Å². The molecule has 0 bridgehead atoms. The summed E-state index contributed by atoms with van der Waals surface area (Å²) < 4.78 is 5.25. The van der Waals surface area contributed by atoms with Crippen LogP contribution < -0.4 is 0 Å². The van der Waals surface area contributed by atoms with Gasteiger partial charge in [0.2, 0.25) is 0 Å². The molecule has 0 aliphatic heterocycles. The van der Waals surface area contributed by atoms with Crippen LogP contribution in [0, 0.1) is 5.92 Å². The van der Waals surface area contributed by atoms with Crippen LogP contribution in [0.25, 0.3) is 0 Å². The smallest absolute Gasteiger partial charge is 0.316 e. The molecule has 0 spiro atoms. The van der Waals surface area contributed by atoms with Crippen molar-refractivity contribution in [3.63, 3.8) is 0 Å². The molecule has 1 fully saturated rings. The summed E-state index contributed by atoms with van der Waals surface area (Å²) in [4.78, 5) is 22.3. The van der Waals surface area contributed by atoms with Crippen LogP contribution in [0.3, 0.4) is 0 Å². The van der Waals surface area contributed by atoms with Gasteiger partial charge in [0.25, 0.3) is 0 Å². The molecule has 80 valence electrons. The minimum absolute atomic E-state index is 0.0537. The van der Waals surface area contributed by atoms with E-state index in [2.05, 4.69) is 0 Å². The van der Waals surface area contributed by atoms with E-state index in [1.807, 2.05) is 0 Å². The zero-order chi connectivity index (χ0) is 10.6. The fourth-order valence-corrected chi connectivity index (χ4v) is 1.62. The lowest BCUT2D eigenvalue weighted by Gasteiger charge is -2.22. The first-order valence-corrected chi connectivity index (χ1v) is 5.32. The Morgan fingerprint density at radius 3 is 2.29 bits per heavy atom. The molecule has 1 aliphatic rings. The normalized spacial score (nSPS) is 20.1. The van der Waals surface area contributed by atoms with E-state index in [-0.39, 0.29) is 17.9 Å². The minimum atomic E-state index is -0.600. The second kappa shape index (κ2) is 5.13. The second-order valence-corrected chi connectivity index (χ2v) is 4.03. The van der Waals surface area contributed by atoms with E-state index in [1.54, 1.807) is 6.92 Å². The third-order valence-corrected chi connectivity index (χ3v) is 2.80. The van der Waals surface area contributed by atoms with E-state index in [4.69, 9.17) is 4.74 Å². The third-order valence-electron chi connectivity index (χ3n) is 2.80. The Labute approximate surface area is 84.8 Å². The number of carbonyl (C=O) groups excluding carboxylic acids is 2. The molecule has 14 heavy (non-hydrogen) atoms. The lowest BCUT2D eigenvalue weighted by Crippen LogP contribution is -2.27. The van der Waals surface area contributed by atoms with Crippen molar-refractivity contribution in [3.8, 4) is 0 Å². The molecule has 0 amide bonds. The number of Topliss-reactive ketones (excluding diaryl/α,β-unsaturated/α-hetero) is 1. The van der Waals surface area contributed by atoms with Crippen molar-refractivity contribution in [2.75, 3.05) is 0 Å². The van der Waals surface area contributed by atoms with Crippen molar-refractivity contribution in [1.29, 1.82) is 0 Å². The zero-order valence-corrected chi connectivity index (χ0v) is 8.91. The first-order valence-electron chi connectivity index (χ1n) is 5.32. The highest BCUT2D eigenvalue weighted by Crippen LogP contribution is 2.21. The molecule has 0 saturated heterocycles. The summed E-state index contributed by atoms with van der Waals surface area (Å²) in [5.74, 6) is -1.08. The van der Waals surface area contributed by atoms with Crippen LogP contribution in [0.1, 0.15) is 46.0 Å². The standard InChI is InChI=1S/C11H18O3/c1-8(9(2)12)11(13)14-10-6-4-3-5-7-10/h8,10H,3-7H2,1-2H3. The van der Waals surface area contributed by atoms with Gasteiger partial charge in [-0.25, -0.2) is 0 Å². The Bertz CT molecular complexity index is 217. The number of ketones is 1. The Hall–Kier alpha value is -0.860. The number of rotatable bonds is 3. The molecule has 0 aromatic carbocycles. The molecular formula is C11H18O3. The number of hydrogen-bond donors (Lipinski definition) is 0. The summed E-state index contributed by atoms with van der Waals surface area (Å²) in [6.07, 6.45) is 5.46. The average molecular weight is 198 g/mol. The van der Waals surface area contributed by atoms with E-state index in [0.717, 1.165) is 25.7 Å². The average Bonchev–Trinajstić information content (AvgIpc) is 2.18. The van der Waals surface area contributed by atoms with Gasteiger partial charge in [-0.05, 0) is 39.5 Å². The monoisotopic (exact) mass is 198 g/mol. The summed E-state index contributed by atoms with van der Waals surface area (Å²) in [6.45, 7) is 3.03. The quantitative estimate of drug-likeness (QED) is 0.515. The van der Waals surface area contributed by atoms with Gasteiger partial charge < -0.3 is 4.74 Å². The number of esters is 1. The van der Waals surface area contributed by atoms with E-state index in [1.165, 1.54) is 13.3 Å². The van der Waals surface area contributed by atoms with Crippen molar-refractivity contribution >= 4 is 11.8 Å². The summed E-state index contributed by atoms with van der Waals surface area (Å²) in [6, 6.07) is 0. The maximum absolute atomic E-state index is 11.4. The van der Waals surface area contributed by atoms with Gasteiger partial charge >= 0.3 is 5.97 Å². The van der Waals surface area contributed by atoms with Crippen LogP contribution in [-0.2, 0) is 14.3 Å². The van der Waals surface area contributed by atoms with Crippen molar-refractivity contribution in [2.45, 2.75) is 52.1 Å². The second-order valence-electron chi connectivity index (χ2n) is 4.03. The Morgan fingerprint density at radius 1 is 1.21 bits per heavy atom. The van der Waals surface area contributed by atoms with Crippen LogP contribution >= 0.6 is 0 Å². The molecule has 0 N–H and O–H groups in total. The first kappa shape index (κ1) is 11.2. The van der Waals surface area contributed by atoms with Gasteiger partial charge in [-0.2, -0.15) is 0 Å². The molecule has 0 aromatic rings. The highest BCUT2D eigenvalue weighted by Gasteiger charge is 2.23. The minimum Gasteiger partial charge on any atom is -0.462 e. The summed E-state index contributed by atoms with van der Waals surface area (Å²) in [5, 5.41) is 0. The van der Waals surface area contributed by atoms with Crippen LogP contribution in [-0.4, -0.2) is 17.9 Å². The molecular weight excluding hydrogens is 180 g/mol. The molecule has 3 heteroatoms. The largest absolute Gasteiger partial charge is 0.462 e. The Balaban J connectivity index is 2.35. The fraction of sp³-hybridized carbons (Fsp3) is 0.818. The van der Waals surface area contributed by atoms with E-state index in [0.29, 0.717) is 0 Å². The molecule has 0 radical (unpaired) electrons. The van der Waals surface area contributed by atoms with Gasteiger partial charge in [0.1, 0.15) is 17.8 Å². The lowest BCUT2D eigenvalue weighted by atomic mass is 9.97. The van der Waals surface area contributed by atoms with Crippen LogP contribution in [0.4, 0.5) is 0 Å². The number of hydrogen-bond acceptors (Lipinski definition) is 3. The lowest BCUT2D eigenvalue weighted by molar-refractivity contribution is -0.157. The number of ether oxygens (including phenoxy) is 1. The fourth-order valence-electron chi connectivity index (χ4n) is 1.62. The van der Waals surface area contributed by atoms with Gasteiger partial charge in [-0.1, -0.05) is 6.42 Å². The molecule has 1 saturated carbocycles. The predicted octanol–water partition coefficient (Wildman–Crippen LogP) is 2.09. The maximum atomic E-state index is 11.4. The van der Waals surface area contributed by atoms with Gasteiger partial charge in [-0.3, -0.25) is 9.59 Å². The highest BCUT2D eigenvalue weighted by atomic mass is 16.5. The Morgan fingerprint density at radius 2 is 1.79 bits per heavy atom. The summed E-state index contributed by atoms with van der Waals surface area (Å²) in [5.41, 5.74) is 0. The molecule has 1 atom stereocenters. The topological polar surface area (TPSA) is 43.4 Å².